The fraction of sp³-hybridized carbons (Fsp3) is 0.167. The van der Waals surface area contributed by atoms with Gasteiger partial charge in [0.2, 0.25) is 5.91 Å². The van der Waals surface area contributed by atoms with Gasteiger partial charge in [-0.15, -0.1) is 0 Å². The van der Waals surface area contributed by atoms with Crippen molar-refractivity contribution in [3.63, 3.8) is 0 Å². The highest BCUT2D eigenvalue weighted by Gasteiger charge is 2.12. The molecule has 0 aliphatic carbocycles. The second-order valence-electron chi connectivity index (χ2n) is 5.71. The minimum Gasteiger partial charge on any atom is -0.387 e. The van der Waals surface area contributed by atoms with Crippen LogP contribution in [0.3, 0.4) is 0 Å². The average molecular weight is 376 g/mol. The maximum Gasteiger partial charge on any atom is 0.261 e. The number of hydrogen-bond acceptors (Lipinski definition) is 4. The minimum absolute atomic E-state index is 0.0381. The molecule has 26 heavy (non-hydrogen) atoms. The van der Waals surface area contributed by atoms with Gasteiger partial charge in [-0.05, 0) is 35.9 Å². The highest BCUT2D eigenvalue weighted by molar-refractivity contribution is 6.30. The Bertz CT molecular complexity index is 1020. The van der Waals surface area contributed by atoms with Crippen molar-refractivity contribution < 1.29 is 14.3 Å². The number of fused-ring (bicyclic) bond motifs is 1. The summed E-state index contributed by atoms with van der Waals surface area (Å²) in [6, 6.07) is 10.4. The number of nitrogens with one attached hydrogen (secondary N) is 1. The normalized spacial score (nSPS) is 12.1. The molecule has 8 heteroatoms. The molecule has 0 fully saturated rings. The standard InChI is InChI=1S/C18H15ClFN3O3/c19-12-3-1-2-11(6-12)16(24)8-21-17(25)9-23-10-22-15-5-4-13(20)7-14(15)18(23)26/h1-7,10,16,24H,8-9H2,(H,21,25)/t16-/m0/s1. The zero-order valence-electron chi connectivity index (χ0n) is 13.5. The summed E-state index contributed by atoms with van der Waals surface area (Å²) in [5.74, 6) is -1.03. The van der Waals surface area contributed by atoms with Gasteiger partial charge in [-0.25, -0.2) is 9.37 Å². The smallest absolute Gasteiger partial charge is 0.261 e. The van der Waals surface area contributed by atoms with Crippen LogP contribution in [0, 0.1) is 5.82 Å². The molecule has 0 unspecified atom stereocenters. The van der Waals surface area contributed by atoms with Crippen LogP contribution in [0.25, 0.3) is 10.9 Å². The Morgan fingerprint density at radius 1 is 1.31 bits per heavy atom. The van der Waals surface area contributed by atoms with E-state index in [2.05, 4.69) is 10.3 Å². The van der Waals surface area contributed by atoms with E-state index in [0.717, 1.165) is 10.6 Å². The first-order chi connectivity index (χ1) is 12.4. The highest BCUT2D eigenvalue weighted by atomic mass is 35.5. The average Bonchev–Trinajstić information content (AvgIpc) is 2.62. The molecule has 0 bridgehead atoms. The Morgan fingerprint density at radius 2 is 2.12 bits per heavy atom. The van der Waals surface area contributed by atoms with E-state index in [1.165, 1.54) is 18.5 Å². The first-order valence-corrected chi connectivity index (χ1v) is 8.17. The van der Waals surface area contributed by atoms with Crippen LogP contribution in [0.5, 0.6) is 0 Å². The molecule has 0 aliphatic rings. The lowest BCUT2D eigenvalue weighted by Crippen LogP contribution is -2.34. The SMILES string of the molecule is O=C(Cn1cnc2ccc(F)cc2c1=O)NC[C@H](O)c1cccc(Cl)c1. The summed E-state index contributed by atoms with van der Waals surface area (Å²) in [6.45, 7) is -0.329. The number of aliphatic hydroxyl groups excluding tert-OH is 1. The lowest BCUT2D eigenvalue weighted by Gasteiger charge is -2.13. The number of benzene rings is 2. The largest absolute Gasteiger partial charge is 0.387 e. The molecule has 3 aromatic rings. The van der Waals surface area contributed by atoms with Gasteiger partial charge in [-0.3, -0.25) is 14.2 Å². The van der Waals surface area contributed by atoms with E-state index in [-0.39, 0.29) is 18.5 Å². The maximum atomic E-state index is 13.3. The number of amides is 1. The third-order valence-electron chi connectivity index (χ3n) is 3.83. The fourth-order valence-electron chi connectivity index (χ4n) is 2.50. The number of nitrogens with zero attached hydrogens (tertiary/aromatic N) is 2. The van der Waals surface area contributed by atoms with Crippen molar-refractivity contribution in [2.24, 2.45) is 0 Å². The van der Waals surface area contributed by atoms with Crippen molar-refractivity contribution in [3.8, 4) is 0 Å². The zero-order chi connectivity index (χ0) is 18.7. The molecule has 3 rings (SSSR count). The zero-order valence-corrected chi connectivity index (χ0v) is 14.3. The quantitative estimate of drug-likeness (QED) is 0.714. The number of carbonyl (C=O) groups excluding carboxylic acids is 1. The Balaban J connectivity index is 1.67. The lowest BCUT2D eigenvalue weighted by molar-refractivity contribution is -0.122. The molecule has 0 spiro atoms. The summed E-state index contributed by atoms with van der Waals surface area (Å²) < 4.78 is 14.4. The molecule has 1 amide bonds. The summed E-state index contributed by atoms with van der Waals surface area (Å²) in [5.41, 5.74) is 0.405. The van der Waals surface area contributed by atoms with Gasteiger partial charge in [-0.1, -0.05) is 23.7 Å². The van der Waals surface area contributed by atoms with Crippen molar-refractivity contribution in [1.29, 1.82) is 0 Å². The number of aliphatic hydroxyl groups is 1. The van der Waals surface area contributed by atoms with Crippen molar-refractivity contribution in [1.82, 2.24) is 14.9 Å². The second-order valence-corrected chi connectivity index (χ2v) is 6.15. The number of halogens is 2. The highest BCUT2D eigenvalue weighted by Crippen LogP contribution is 2.17. The fourth-order valence-corrected chi connectivity index (χ4v) is 2.70. The number of rotatable bonds is 5. The van der Waals surface area contributed by atoms with Gasteiger partial charge in [0.25, 0.3) is 5.56 Å². The number of aromatic nitrogens is 2. The summed E-state index contributed by atoms with van der Waals surface area (Å²) >= 11 is 5.87. The number of hydrogen-bond donors (Lipinski definition) is 2. The maximum absolute atomic E-state index is 13.3. The lowest BCUT2D eigenvalue weighted by atomic mass is 10.1. The van der Waals surface area contributed by atoms with E-state index in [9.17, 15) is 19.1 Å². The van der Waals surface area contributed by atoms with E-state index >= 15 is 0 Å². The van der Waals surface area contributed by atoms with E-state index in [1.54, 1.807) is 24.3 Å². The van der Waals surface area contributed by atoms with Crippen LogP contribution >= 0.6 is 11.6 Å². The molecule has 2 N–H and O–H groups in total. The molecule has 1 atom stereocenters. The van der Waals surface area contributed by atoms with Crippen LogP contribution in [0.4, 0.5) is 4.39 Å². The first-order valence-electron chi connectivity index (χ1n) is 7.79. The van der Waals surface area contributed by atoms with Gasteiger partial charge < -0.3 is 10.4 Å². The molecule has 0 saturated heterocycles. The third-order valence-corrected chi connectivity index (χ3v) is 4.06. The Morgan fingerprint density at radius 3 is 2.88 bits per heavy atom. The van der Waals surface area contributed by atoms with Gasteiger partial charge in [-0.2, -0.15) is 0 Å². The third kappa shape index (κ3) is 4.07. The van der Waals surface area contributed by atoms with E-state index < -0.39 is 23.4 Å². The topological polar surface area (TPSA) is 84.2 Å². The van der Waals surface area contributed by atoms with Gasteiger partial charge in [0.05, 0.1) is 23.3 Å². The van der Waals surface area contributed by atoms with Crippen LogP contribution in [0.2, 0.25) is 5.02 Å². The van der Waals surface area contributed by atoms with Crippen molar-refractivity contribution in [3.05, 3.63) is 75.5 Å². The summed E-state index contributed by atoms with van der Waals surface area (Å²) in [5, 5.41) is 13.2. The molecule has 1 heterocycles. The molecule has 0 saturated carbocycles. The van der Waals surface area contributed by atoms with Gasteiger partial charge in [0, 0.05) is 11.6 Å². The molecular formula is C18H15ClFN3O3. The molecule has 2 aromatic carbocycles. The van der Waals surface area contributed by atoms with Crippen molar-refractivity contribution in [2.75, 3.05) is 6.54 Å². The van der Waals surface area contributed by atoms with Crippen molar-refractivity contribution >= 4 is 28.4 Å². The molecule has 0 radical (unpaired) electrons. The predicted molar refractivity (Wildman–Crippen MR) is 95.4 cm³/mol. The molecule has 1 aromatic heterocycles. The van der Waals surface area contributed by atoms with Crippen molar-refractivity contribution in [2.45, 2.75) is 12.6 Å². The van der Waals surface area contributed by atoms with Crippen LogP contribution in [0.1, 0.15) is 11.7 Å². The van der Waals surface area contributed by atoms with E-state index in [1.807, 2.05) is 0 Å². The summed E-state index contributed by atoms with van der Waals surface area (Å²) in [6.07, 6.45) is 0.299. The Hall–Kier alpha value is -2.77. The van der Waals surface area contributed by atoms with Crippen LogP contribution in [-0.2, 0) is 11.3 Å². The van der Waals surface area contributed by atoms with E-state index in [0.29, 0.717) is 16.1 Å². The first kappa shape index (κ1) is 18.0. The summed E-state index contributed by atoms with van der Waals surface area (Å²) in [7, 11) is 0. The minimum atomic E-state index is -0.932. The van der Waals surface area contributed by atoms with Crippen LogP contribution in [0.15, 0.2) is 53.6 Å². The molecule has 0 aliphatic heterocycles. The molecule has 6 nitrogen and oxygen atoms in total. The Labute approximate surface area is 152 Å². The second kappa shape index (κ2) is 7.63. The van der Waals surface area contributed by atoms with Gasteiger partial charge in [0.15, 0.2) is 0 Å². The number of carbonyl (C=O) groups is 1. The predicted octanol–water partition coefficient (Wildman–Crippen LogP) is 2.04. The van der Waals surface area contributed by atoms with E-state index in [4.69, 9.17) is 11.6 Å². The molecular weight excluding hydrogens is 361 g/mol. The Kier molecular flexibility index (Phi) is 5.29. The van der Waals surface area contributed by atoms with Gasteiger partial charge >= 0.3 is 0 Å². The van der Waals surface area contributed by atoms with Crippen LogP contribution in [-0.4, -0.2) is 27.1 Å². The van der Waals surface area contributed by atoms with Gasteiger partial charge in [0.1, 0.15) is 12.4 Å². The molecule has 134 valence electrons. The van der Waals surface area contributed by atoms with Crippen LogP contribution < -0.4 is 10.9 Å². The monoisotopic (exact) mass is 375 g/mol. The summed E-state index contributed by atoms with van der Waals surface area (Å²) in [4.78, 5) is 28.4.